The predicted molar refractivity (Wildman–Crippen MR) is 80.2 cm³/mol. The van der Waals surface area contributed by atoms with E-state index in [4.69, 9.17) is 23.2 Å². The van der Waals surface area contributed by atoms with E-state index < -0.39 is 0 Å². The maximum atomic E-state index is 6.23. The lowest BCUT2D eigenvalue weighted by molar-refractivity contribution is 0.749. The van der Waals surface area contributed by atoms with Gasteiger partial charge in [0.05, 0.1) is 28.5 Å². The minimum absolute atomic E-state index is 0.154. The number of halogens is 2. The minimum Gasteiger partial charge on any atom is -0.321 e. The van der Waals surface area contributed by atoms with Crippen molar-refractivity contribution >= 4 is 45.6 Å². The first kappa shape index (κ1) is 12.9. The fourth-order valence-corrected chi connectivity index (χ4v) is 2.98. The Labute approximate surface area is 124 Å². The zero-order valence-corrected chi connectivity index (χ0v) is 12.5. The van der Waals surface area contributed by atoms with Gasteiger partial charge in [-0.25, -0.2) is 4.98 Å². The summed E-state index contributed by atoms with van der Waals surface area (Å²) in [7, 11) is 0. The topological polar surface area (TPSA) is 30.7 Å². The molecule has 0 saturated carbocycles. The third kappa shape index (κ3) is 2.48. The summed E-state index contributed by atoms with van der Waals surface area (Å²) in [5, 5.41) is 0.530. The molecule has 3 nitrogen and oxygen atoms in total. The largest absolute Gasteiger partial charge is 0.321 e. The summed E-state index contributed by atoms with van der Waals surface area (Å²) in [6, 6.07) is 5.72. The quantitative estimate of drug-likeness (QED) is 0.667. The first-order valence-electron chi connectivity index (χ1n) is 5.82. The van der Waals surface area contributed by atoms with Gasteiger partial charge in [0.1, 0.15) is 5.82 Å². The van der Waals surface area contributed by atoms with Gasteiger partial charge >= 0.3 is 0 Å². The van der Waals surface area contributed by atoms with Gasteiger partial charge < -0.3 is 4.57 Å². The highest BCUT2D eigenvalue weighted by Gasteiger charge is 2.15. The van der Waals surface area contributed by atoms with Crippen molar-refractivity contribution in [1.82, 2.24) is 14.5 Å². The van der Waals surface area contributed by atoms with Crippen LogP contribution in [0, 0.1) is 0 Å². The third-order valence-electron chi connectivity index (χ3n) is 2.89. The van der Waals surface area contributed by atoms with E-state index in [2.05, 4.69) is 14.5 Å². The second-order valence-electron chi connectivity index (χ2n) is 4.27. The summed E-state index contributed by atoms with van der Waals surface area (Å²) in [5.41, 5.74) is 3.74. The molecular formula is C13H11Cl2N3S. The molecule has 1 unspecified atom stereocenters. The van der Waals surface area contributed by atoms with Crippen molar-refractivity contribution in [3.8, 4) is 0 Å². The fourth-order valence-electron chi connectivity index (χ4n) is 2.07. The highest BCUT2D eigenvalue weighted by molar-refractivity contribution is 7.09. The molecule has 0 aliphatic heterocycles. The van der Waals surface area contributed by atoms with E-state index in [9.17, 15) is 0 Å². The first-order valence-corrected chi connectivity index (χ1v) is 7.51. The Kier molecular flexibility index (Phi) is 3.48. The number of imidazole rings is 1. The second-order valence-corrected chi connectivity index (χ2v) is 6.33. The standard InChI is InChI=1S/C13H11Cl2N3S/c1-8(14)13-17-11-4-9(15)2-3-12(11)18(13)6-10-5-16-7-19-10/h2-5,7-8H,6H2,1H3. The van der Waals surface area contributed by atoms with Gasteiger partial charge in [-0.15, -0.1) is 22.9 Å². The molecule has 19 heavy (non-hydrogen) atoms. The minimum atomic E-state index is -0.154. The average molecular weight is 312 g/mol. The lowest BCUT2D eigenvalue weighted by atomic mass is 10.3. The fraction of sp³-hybridized carbons (Fsp3) is 0.231. The monoisotopic (exact) mass is 311 g/mol. The Morgan fingerprint density at radius 1 is 1.42 bits per heavy atom. The van der Waals surface area contributed by atoms with Crippen LogP contribution in [0.1, 0.15) is 23.0 Å². The third-order valence-corrected chi connectivity index (χ3v) is 4.09. The van der Waals surface area contributed by atoms with Gasteiger partial charge in [-0.1, -0.05) is 11.6 Å². The van der Waals surface area contributed by atoms with E-state index >= 15 is 0 Å². The van der Waals surface area contributed by atoms with Crippen molar-refractivity contribution in [2.24, 2.45) is 0 Å². The molecule has 0 N–H and O–H groups in total. The number of rotatable bonds is 3. The molecule has 0 aliphatic rings. The summed E-state index contributed by atoms with van der Waals surface area (Å²) in [6.45, 7) is 2.66. The van der Waals surface area contributed by atoms with Crippen molar-refractivity contribution in [3.63, 3.8) is 0 Å². The summed E-state index contributed by atoms with van der Waals surface area (Å²) in [6.07, 6.45) is 1.87. The van der Waals surface area contributed by atoms with E-state index in [1.54, 1.807) is 11.3 Å². The van der Waals surface area contributed by atoms with Gasteiger partial charge in [-0.05, 0) is 25.1 Å². The Hall–Kier alpha value is -1.10. The van der Waals surface area contributed by atoms with Crippen molar-refractivity contribution in [3.05, 3.63) is 45.6 Å². The number of fused-ring (bicyclic) bond motifs is 1. The van der Waals surface area contributed by atoms with Crippen molar-refractivity contribution in [2.45, 2.75) is 18.8 Å². The van der Waals surface area contributed by atoms with Crippen LogP contribution < -0.4 is 0 Å². The molecule has 0 fully saturated rings. The Bertz CT molecular complexity index is 704. The van der Waals surface area contributed by atoms with E-state index in [0.29, 0.717) is 5.02 Å². The van der Waals surface area contributed by atoms with Crippen LogP contribution in [-0.4, -0.2) is 14.5 Å². The first-order chi connectivity index (χ1) is 9.15. The number of thiazole rings is 1. The lowest BCUT2D eigenvalue weighted by Gasteiger charge is -2.08. The van der Waals surface area contributed by atoms with Crippen LogP contribution in [0.2, 0.25) is 5.02 Å². The molecule has 0 aliphatic carbocycles. The summed E-state index contributed by atoms with van der Waals surface area (Å²) < 4.78 is 2.12. The van der Waals surface area contributed by atoms with Crippen LogP contribution in [-0.2, 0) is 6.54 Å². The van der Waals surface area contributed by atoms with Gasteiger partial charge in [0.25, 0.3) is 0 Å². The zero-order valence-electron chi connectivity index (χ0n) is 10.2. The van der Waals surface area contributed by atoms with Crippen molar-refractivity contribution in [1.29, 1.82) is 0 Å². The van der Waals surface area contributed by atoms with Gasteiger partial charge in [0.2, 0.25) is 0 Å². The number of hydrogen-bond acceptors (Lipinski definition) is 3. The molecule has 0 bridgehead atoms. The second kappa shape index (κ2) is 5.12. The molecule has 0 spiro atoms. The maximum Gasteiger partial charge on any atom is 0.128 e. The Morgan fingerprint density at radius 3 is 2.95 bits per heavy atom. The van der Waals surface area contributed by atoms with Gasteiger partial charge in [0, 0.05) is 16.1 Å². The highest BCUT2D eigenvalue weighted by atomic mass is 35.5. The molecule has 1 aromatic carbocycles. The molecule has 2 heterocycles. The molecule has 1 atom stereocenters. The van der Waals surface area contributed by atoms with E-state index in [0.717, 1.165) is 23.4 Å². The number of alkyl halides is 1. The van der Waals surface area contributed by atoms with Crippen LogP contribution in [0.15, 0.2) is 29.9 Å². The smallest absolute Gasteiger partial charge is 0.128 e. The molecule has 3 aromatic rings. The summed E-state index contributed by atoms with van der Waals surface area (Å²) in [4.78, 5) is 9.86. The number of nitrogens with zero attached hydrogens (tertiary/aromatic N) is 3. The summed E-state index contributed by atoms with van der Waals surface area (Å²) in [5.74, 6) is 0.854. The Balaban J connectivity index is 2.16. The van der Waals surface area contributed by atoms with Gasteiger partial charge in [0.15, 0.2) is 0 Å². The number of aromatic nitrogens is 3. The van der Waals surface area contributed by atoms with Gasteiger partial charge in [-0.2, -0.15) is 0 Å². The number of benzene rings is 1. The SMILES string of the molecule is CC(Cl)c1nc2cc(Cl)ccc2n1Cc1cncs1. The maximum absolute atomic E-state index is 6.23. The number of hydrogen-bond donors (Lipinski definition) is 0. The van der Waals surface area contributed by atoms with E-state index in [1.807, 2.05) is 36.8 Å². The van der Waals surface area contributed by atoms with E-state index in [-0.39, 0.29) is 5.38 Å². The van der Waals surface area contributed by atoms with Gasteiger partial charge in [-0.3, -0.25) is 4.98 Å². The zero-order chi connectivity index (χ0) is 13.4. The van der Waals surface area contributed by atoms with Crippen LogP contribution in [0.3, 0.4) is 0 Å². The molecule has 0 amide bonds. The highest BCUT2D eigenvalue weighted by Crippen LogP contribution is 2.27. The van der Waals surface area contributed by atoms with Crippen molar-refractivity contribution in [2.75, 3.05) is 0 Å². The van der Waals surface area contributed by atoms with Crippen molar-refractivity contribution < 1.29 is 0 Å². The van der Waals surface area contributed by atoms with Crippen LogP contribution >= 0.6 is 34.5 Å². The molecular weight excluding hydrogens is 301 g/mol. The Morgan fingerprint density at radius 2 is 2.26 bits per heavy atom. The lowest BCUT2D eigenvalue weighted by Crippen LogP contribution is -2.04. The molecule has 98 valence electrons. The molecule has 0 saturated heterocycles. The van der Waals surface area contributed by atoms with Crippen LogP contribution in [0.25, 0.3) is 11.0 Å². The normalized spacial score (nSPS) is 13.0. The van der Waals surface area contributed by atoms with E-state index in [1.165, 1.54) is 4.88 Å². The predicted octanol–water partition coefficient (Wildman–Crippen LogP) is 4.49. The van der Waals surface area contributed by atoms with Crippen LogP contribution in [0.5, 0.6) is 0 Å². The summed E-state index contributed by atoms with van der Waals surface area (Å²) >= 11 is 13.9. The average Bonchev–Trinajstić information content (AvgIpc) is 2.97. The molecule has 2 aromatic heterocycles. The molecule has 3 rings (SSSR count). The molecule has 6 heteroatoms. The van der Waals surface area contributed by atoms with Crippen LogP contribution in [0.4, 0.5) is 0 Å². The molecule has 0 radical (unpaired) electrons.